The van der Waals surface area contributed by atoms with Gasteiger partial charge in [0.1, 0.15) is 5.75 Å². The van der Waals surface area contributed by atoms with E-state index in [9.17, 15) is 13.2 Å². The van der Waals surface area contributed by atoms with Crippen LogP contribution in [0.25, 0.3) is 0 Å². The lowest BCUT2D eigenvalue weighted by molar-refractivity contribution is 0.0988. The highest BCUT2D eigenvalue weighted by atomic mass is 32.2. The summed E-state index contributed by atoms with van der Waals surface area (Å²) in [7, 11) is 2.04. The number of ketones is 1. The number of carbonyl (C=O) groups is 1. The Balaban J connectivity index is 1.63. The Morgan fingerprint density at radius 1 is 1.15 bits per heavy atom. The maximum Gasteiger partial charge on any atom is 0.243 e. The van der Waals surface area contributed by atoms with Crippen LogP contribution in [0, 0.1) is 5.92 Å². The zero-order valence-electron chi connectivity index (χ0n) is 20.0. The van der Waals surface area contributed by atoms with Crippen LogP contribution < -0.4 is 10.1 Å². The van der Waals surface area contributed by atoms with Crippen LogP contribution in [0.2, 0.25) is 0 Å². The predicted octanol–water partition coefficient (Wildman–Crippen LogP) is 3.19. The average Bonchev–Trinajstić information content (AvgIpc) is 2.82. The van der Waals surface area contributed by atoms with Crippen LogP contribution >= 0.6 is 0 Å². The van der Waals surface area contributed by atoms with Crippen molar-refractivity contribution in [2.45, 2.75) is 30.7 Å². The number of piperidine rings is 1. The van der Waals surface area contributed by atoms with E-state index in [4.69, 9.17) is 4.74 Å². The van der Waals surface area contributed by atoms with Gasteiger partial charge in [0.2, 0.25) is 10.0 Å². The van der Waals surface area contributed by atoms with Crippen molar-refractivity contribution in [1.29, 1.82) is 0 Å². The van der Waals surface area contributed by atoms with E-state index in [1.807, 2.05) is 38.4 Å². The number of rotatable bonds is 10. The standard InChI is InChI=1S/C25H35N3O4S/c1-19-12-14-28(15-13-19)33(30,31)23-7-5-6-21(16-23)25(29)18-26-17-24(27(2)3)20-8-10-22(32-4)11-9-20/h5-11,16,19,24,26H,12-15,17-18H2,1-4H3. The molecule has 1 unspecified atom stereocenters. The minimum absolute atomic E-state index is 0.0805. The minimum Gasteiger partial charge on any atom is -0.497 e. The third-order valence-electron chi connectivity index (χ3n) is 6.28. The number of carbonyl (C=O) groups excluding carboxylic acids is 1. The van der Waals surface area contributed by atoms with Crippen molar-refractivity contribution in [3.8, 4) is 5.75 Å². The molecule has 0 aromatic heterocycles. The number of nitrogens with one attached hydrogen (secondary N) is 1. The number of likely N-dealkylation sites (N-methyl/N-ethyl adjacent to an activating group) is 1. The highest BCUT2D eigenvalue weighted by molar-refractivity contribution is 7.89. The first-order valence-electron chi connectivity index (χ1n) is 11.4. The number of methoxy groups -OCH3 is 1. The monoisotopic (exact) mass is 473 g/mol. The van der Waals surface area contributed by atoms with Gasteiger partial charge >= 0.3 is 0 Å². The fraction of sp³-hybridized carbons (Fsp3) is 0.480. The second-order valence-electron chi connectivity index (χ2n) is 8.92. The van der Waals surface area contributed by atoms with Gasteiger partial charge in [-0.25, -0.2) is 8.42 Å². The maximum absolute atomic E-state index is 13.0. The van der Waals surface area contributed by atoms with E-state index in [0.717, 1.165) is 24.2 Å². The van der Waals surface area contributed by atoms with E-state index >= 15 is 0 Å². The molecule has 1 aliphatic rings. The van der Waals surface area contributed by atoms with Crippen LogP contribution in [0.3, 0.4) is 0 Å². The van der Waals surface area contributed by atoms with Crippen molar-refractivity contribution < 1.29 is 17.9 Å². The summed E-state index contributed by atoms with van der Waals surface area (Å²) < 4.78 is 32.8. The molecule has 0 amide bonds. The van der Waals surface area contributed by atoms with Gasteiger partial charge in [-0.15, -0.1) is 0 Å². The van der Waals surface area contributed by atoms with Crippen molar-refractivity contribution in [2.75, 3.05) is 47.4 Å². The maximum atomic E-state index is 13.0. The topological polar surface area (TPSA) is 78.9 Å². The largest absolute Gasteiger partial charge is 0.497 e. The molecule has 2 aromatic rings. The normalized spacial score (nSPS) is 16.6. The van der Waals surface area contributed by atoms with Gasteiger partial charge in [0.15, 0.2) is 5.78 Å². The predicted molar refractivity (Wildman–Crippen MR) is 130 cm³/mol. The summed E-state index contributed by atoms with van der Waals surface area (Å²) in [5, 5.41) is 3.24. The summed E-state index contributed by atoms with van der Waals surface area (Å²) in [5.74, 6) is 1.21. The number of hydrogen-bond acceptors (Lipinski definition) is 6. The van der Waals surface area contributed by atoms with E-state index in [-0.39, 0.29) is 23.3 Å². The molecule has 1 aliphatic heterocycles. The first-order chi connectivity index (χ1) is 15.7. The number of benzene rings is 2. The molecule has 0 spiro atoms. The molecule has 1 saturated heterocycles. The summed E-state index contributed by atoms with van der Waals surface area (Å²) in [5.41, 5.74) is 1.52. The molecule has 3 rings (SSSR count). The van der Waals surface area contributed by atoms with Crippen LogP contribution in [0.5, 0.6) is 5.75 Å². The fourth-order valence-corrected chi connectivity index (χ4v) is 5.57. The molecule has 1 fully saturated rings. The average molecular weight is 474 g/mol. The van der Waals surface area contributed by atoms with Crippen LogP contribution in [-0.2, 0) is 10.0 Å². The highest BCUT2D eigenvalue weighted by Crippen LogP contribution is 2.24. The first kappa shape index (κ1) is 25.4. The Hall–Kier alpha value is -2.26. The summed E-state index contributed by atoms with van der Waals surface area (Å²) in [6, 6.07) is 14.4. The van der Waals surface area contributed by atoms with Gasteiger partial charge in [-0.3, -0.25) is 4.79 Å². The van der Waals surface area contributed by atoms with Gasteiger partial charge in [-0.2, -0.15) is 4.31 Å². The Bertz CT molecular complexity index is 1030. The first-order valence-corrected chi connectivity index (χ1v) is 12.8. The minimum atomic E-state index is -3.58. The van der Waals surface area contributed by atoms with E-state index in [2.05, 4.69) is 17.1 Å². The van der Waals surface area contributed by atoms with Crippen LogP contribution in [-0.4, -0.2) is 70.8 Å². The lowest BCUT2D eigenvalue weighted by atomic mass is 10.0. The zero-order chi connectivity index (χ0) is 24.0. The SMILES string of the molecule is COc1ccc(C(CNCC(=O)c2cccc(S(=O)(=O)N3CCC(C)CC3)c2)N(C)C)cc1. The molecule has 0 aliphatic carbocycles. The van der Waals surface area contributed by atoms with E-state index in [1.165, 1.54) is 10.4 Å². The van der Waals surface area contributed by atoms with Crippen LogP contribution in [0.15, 0.2) is 53.4 Å². The molecular weight excluding hydrogens is 438 g/mol. The molecule has 0 saturated carbocycles. The summed E-state index contributed by atoms with van der Waals surface area (Å²) in [6.07, 6.45) is 1.73. The lowest BCUT2D eigenvalue weighted by Gasteiger charge is -2.29. The quantitative estimate of drug-likeness (QED) is 0.534. The smallest absolute Gasteiger partial charge is 0.243 e. The zero-order valence-corrected chi connectivity index (χ0v) is 20.8. The van der Waals surface area contributed by atoms with Gasteiger partial charge in [0.05, 0.1) is 18.6 Å². The third-order valence-corrected chi connectivity index (χ3v) is 8.18. The Morgan fingerprint density at radius 2 is 1.82 bits per heavy atom. The summed E-state index contributed by atoms with van der Waals surface area (Å²) >= 11 is 0. The Labute approximate surface area is 197 Å². The molecule has 0 bridgehead atoms. The van der Waals surface area contributed by atoms with E-state index < -0.39 is 10.0 Å². The van der Waals surface area contributed by atoms with Gasteiger partial charge in [-0.05, 0) is 62.7 Å². The molecule has 2 aromatic carbocycles. The van der Waals surface area contributed by atoms with Gasteiger partial charge < -0.3 is 15.0 Å². The summed E-state index contributed by atoms with van der Waals surface area (Å²) in [4.78, 5) is 15.1. The number of hydrogen-bond donors (Lipinski definition) is 1. The number of ether oxygens (including phenoxy) is 1. The van der Waals surface area contributed by atoms with Gasteiger partial charge in [-0.1, -0.05) is 31.2 Å². The van der Waals surface area contributed by atoms with Crippen LogP contribution in [0.4, 0.5) is 0 Å². The Kier molecular flexibility index (Phi) is 8.64. The molecule has 180 valence electrons. The molecule has 7 nitrogen and oxygen atoms in total. The molecule has 1 N–H and O–H groups in total. The summed E-state index contributed by atoms with van der Waals surface area (Å²) in [6.45, 7) is 3.91. The van der Waals surface area contributed by atoms with Crippen molar-refractivity contribution >= 4 is 15.8 Å². The van der Waals surface area contributed by atoms with E-state index in [1.54, 1.807) is 25.3 Å². The highest BCUT2D eigenvalue weighted by Gasteiger charge is 2.28. The van der Waals surface area contributed by atoms with Gasteiger partial charge in [0.25, 0.3) is 0 Å². The van der Waals surface area contributed by atoms with Crippen molar-refractivity contribution in [1.82, 2.24) is 14.5 Å². The molecule has 1 atom stereocenters. The fourth-order valence-electron chi connectivity index (χ4n) is 4.05. The second kappa shape index (κ2) is 11.2. The number of Topliss-reactive ketones (excluding diaryl/α,β-unsaturated/α-hetero) is 1. The lowest BCUT2D eigenvalue weighted by Crippen LogP contribution is -2.38. The molecule has 33 heavy (non-hydrogen) atoms. The number of sulfonamides is 1. The van der Waals surface area contributed by atoms with Gasteiger partial charge in [0, 0.05) is 31.2 Å². The Morgan fingerprint density at radius 3 is 2.42 bits per heavy atom. The molecule has 1 heterocycles. The van der Waals surface area contributed by atoms with Crippen molar-refractivity contribution in [3.63, 3.8) is 0 Å². The molecule has 0 radical (unpaired) electrons. The third kappa shape index (κ3) is 6.41. The second-order valence-corrected chi connectivity index (χ2v) is 10.9. The van der Waals surface area contributed by atoms with Crippen molar-refractivity contribution in [3.05, 3.63) is 59.7 Å². The van der Waals surface area contributed by atoms with Crippen molar-refractivity contribution in [2.24, 2.45) is 5.92 Å². The molecule has 8 heteroatoms. The van der Waals surface area contributed by atoms with Crippen LogP contribution in [0.1, 0.15) is 41.7 Å². The molecular formula is C25H35N3O4S. The van der Waals surface area contributed by atoms with E-state index in [0.29, 0.717) is 31.1 Å². The number of nitrogens with zero attached hydrogens (tertiary/aromatic N) is 2.